The first-order valence-corrected chi connectivity index (χ1v) is 11.2. The predicted molar refractivity (Wildman–Crippen MR) is 82.7 cm³/mol. The fourth-order valence-electron chi connectivity index (χ4n) is 3.81. The monoisotopic (exact) mass is 282 g/mol. The van der Waals surface area contributed by atoms with Gasteiger partial charge in [0.15, 0.2) is 8.32 Å². The van der Waals surface area contributed by atoms with Crippen LogP contribution in [-0.2, 0) is 4.43 Å². The molecule has 1 unspecified atom stereocenters. The van der Waals surface area contributed by atoms with Crippen molar-refractivity contribution >= 4 is 8.32 Å². The minimum absolute atomic E-state index is 0.293. The van der Waals surface area contributed by atoms with Crippen LogP contribution >= 0.6 is 0 Å². The van der Waals surface area contributed by atoms with E-state index < -0.39 is 8.32 Å². The predicted octanol–water partition coefficient (Wildman–Crippen LogP) is 4.11. The second-order valence-corrected chi connectivity index (χ2v) is 12.2. The molecule has 0 spiro atoms. The van der Waals surface area contributed by atoms with Crippen molar-refractivity contribution in [1.82, 2.24) is 0 Å². The Hall–Kier alpha value is -0.123. The summed E-state index contributed by atoms with van der Waals surface area (Å²) in [5.41, 5.74) is 1.62. The Morgan fingerprint density at radius 2 is 2.11 bits per heavy atom. The molecule has 0 aromatic rings. The van der Waals surface area contributed by atoms with Gasteiger partial charge in [-0.1, -0.05) is 19.4 Å². The minimum atomic E-state index is -1.49. The van der Waals surface area contributed by atoms with Gasteiger partial charge in [0.2, 0.25) is 0 Å². The van der Waals surface area contributed by atoms with E-state index in [2.05, 4.69) is 32.6 Å². The Balaban J connectivity index is 2.18. The first-order valence-electron chi connectivity index (χ1n) is 7.76. The number of aliphatic hydroxyl groups excluding tert-OH is 1. The Kier molecular flexibility index (Phi) is 4.29. The van der Waals surface area contributed by atoms with Crippen LogP contribution in [0.1, 0.15) is 46.0 Å². The quantitative estimate of drug-likeness (QED) is 0.623. The van der Waals surface area contributed by atoms with Crippen LogP contribution in [0.5, 0.6) is 0 Å². The molecule has 0 radical (unpaired) electrons. The molecule has 19 heavy (non-hydrogen) atoms. The summed E-state index contributed by atoms with van der Waals surface area (Å²) in [7, 11) is -1.49. The third-order valence-electron chi connectivity index (χ3n) is 4.91. The van der Waals surface area contributed by atoms with Crippen molar-refractivity contribution in [2.24, 2.45) is 11.3 Å². The highest BCUT2D eigenvalue weighted by molar-refractivity contribution is 6.69. The van der Waals surface area contributed by atoms with E-state index >= 15 is 0 Å². The van der Waals surface area contributed by atoms with Gasteiger partial charge >= 0.3 is 0 Å². The number of rotatable bonds is 3. The summed E-state index contributed by atoms with van der Waals surface area (Å²) in [6, 6.07) is 0. The maximum absolute atomic E-state index is 9.87. The zero-order valence-corrected chi connectivity index (χ0v) is 14.2. The van der Waals surface area contributed by atoms with E-state index in [0.717, 1.165) is 12.8 Å². The van der Waals surface area contributed by atoms with Crippen molar-refractivity contribution in [3.63, 3.8) is 0 Å². The van der Waals surface area contributed by atoms with Gasteiger partial charge in [-0.15, -0.1) is 0 Å². The van der Waals surface area contributed by atoms with Crippen molar-refractivity contribution in [3.05, 3.63) is 11.6 Å². The van der Waals surface area contributed by atoms with Crippen LogP contribution in [0.15, 0.2) is 11.6 Å². The highest BCUT2D eigenvalue weighted by Gasteiger charge is 2.45. The standard InChI is InChI=1S/C16H30O2Si/c1-12(17)13-8-10-16(2)9-6-7-15(14(16)11-13)18-19(3,4)5/h8,12,14-15,17H,6-7,9-11H2,1-5H3/t12?,14-,15-,16+/m1/s1. The fraction of sp³-hybridized carbons (Fsp3) is 0.875. The maximum Gasteiger partial charge on any atom is 0.184 e. The summed E-state index contributed by atoms with van der Waals surface area (Å²) in [6.07, 6.45) is 8.36. The van der Waals surface area contributed by atoms with E-state index in [1.54, 1.807) is 0 Å². The van der Waals surface area contributed by atoms with Gasteiger partial charge < -0.3 is 9.53 Å². The topological polar surface area (TPSA) is 29.5 Å². The Morgan fingerprint density at radius 3 is 2.68 bits per heavy atom. The number of aliphatic hydroxyl groups is 1. The SMILES string of the molecule is CC(O)C1=CC[C@]2(C)CCC[C@@H](O[Si](C)(C)C)[C@H]2C1. The van der Waals surface area contributed by atoms with E-state index in [1.165, 1.54) is 24.8 Å². The van der Waals surface area contributed by atoms with Gasteiger partial charge in [0.1, 0.15) is 0 Å². The largest absolute Gasteiger partial charge is 0.414 e. The van der Waals surface area contributed by atoms with Crippen LogP contribution in [0.2, 0.25) is 19.6 Å². The van der Waals surface area contributed by atoms with Crippen molar-refractivity contribution in [2.75, 3.05) is 0 Å². The number of hydrogen-bond donors (Lipinski definition) is 1. The van der Waals surface area contributed by atoms with E-state index in [-0.39, 0.29) is 6.10 Å². The van der Waals surface area contributed by atoms with E-state index in [4.69, 9.17) is 4.43 Å². The molecule has 1 saturated carbocycles. The lowest BCUT2D eigenvalue weighted by molar-refractivity contribution is -0.0139. The lowest BCUT2D eigenvalue weighted by Crippen LogP contribution is -2.47. The summed E-state index contributed by atoms with van der Waals surface area (Å²) in [6.45, 7) is 11.2. The van der Waals surface area contributed by atoms with Crippen LogP contribution in [0.3, 0.4) is 0 Å². The molecule has 2 nitrogen and oxygen atoms in total. The Bertz CT molecular complexity index is 356. The van der Waals surface area contributed by atoms with Gasteiger partial charge in [-0.2, -0.15) is 0 Å². The molecule has 3 heteroatoms. The highest BCUT2D eigenvalue weighted by Crippen LogP contribution is 2.51. The van der Waals surface area contributed by atoms with E-state index in [0.29, 0.717) is 17.4 Å². The molecule has 0 aromatic heterocycles. The summed E-state index contributed by atoms with van der Waals surface area (Å²) >= 11 is 0. The van der Waals surface area contributed by atoms with Crippen LogP contribution in [0.4, 0.5) is 0 Å². The Labute approximate surface area is 119 Å². The molecule has 4 atom stereocenters. The van der Waals surface area contributed by atoms with Gasteiger partial charge in [-0.25, -0.2) is 0 Å². The lowest BCUT2D eigenvalue weighted by atomic mass is 9.59. The van der Waals surface area contributed by atoms with Gasteiger partial charge in [0.25, 0.3) is 0 Å². The number of fused-ring (bicyclic) bond motifs is 1. The molecule has 2 rings (SSSR count). The van der Waals surface area contributed by atoms with Crippen molar-refractivity contribution < 1.29 is 9.53 Å². The van der Waals surface area contributed by atoms with Crippen molar-refractivity contribution in [2.45, 2.75) is 77.8 Å². The smallest absolute Gasteiger partial charge is 0.184 e. The lowest BCUT2D eigenvalue weighted by Gasteiger charge is -2.50. The van der Waals surface area contributed by atoms with E-state index in [1.807, 2.05) is 6.92 Å². The molecular weight excluding hydrogens is 252 g/mol. The summed E-state index contributed by atoms with van der Waals surface area (Å²) in [5.74, 6) is 0.600. The van der Waals surface area contributed by atoms with Gasteiger partial charge in [0.05, 0.1) is 6.10 Å². The molecular formula is C16H30O2Si. The summed E-state index contributed by atoms with van der Waals surface area (Å²) in [5, 5.41) is 9.87. The van der Waals surface area contributed by atoms with Crippen molar-refractivity contribution in [3.8, 4) is 0 Å². The Morgan fingerprint density at radius 1 is 1.42 bits per heavy atom. The zero-order chi connectivity index (χ0) is 14.3. The maximum atomic E-state index is 9.87. The number of hydrogen-bond acceptors (Lipinski definition) is 2. The normalized spacial score (nSPS) is 37.5. The molecule has 0 aromatic carbocycles. The zero-order valence-electron chi connectivity index (χ0n) is 13.2. The molecule has 2 aliphatic carbocycles. The van der Waals surface area contributed by atoms with Gasteiger partial charge in [-0.05, 0) is 69.2 Å². The van der Waals surface area contributed by atoms with Crippen LogP contribution in [0, 0.1) is 11.3 Å². The molecule has 1 fully saturated rings. The molecule has 110 valence electrons. The molecule has 0 saturated heterocycles. The second kappa shape index (κ2) is 5.34. The van der Waals surface area contributed by atoms with E-state index in [9.17, 15) is 5.11 Å². The average Bonchev–Trinajstić information content (AvgIpc) is 2.26. The van der Waals surface area contributed by atoms with Crippen LogP contribution < -0.4 is 0 Å². The van der Waals surface area contributed by atoms with Crippen molar-refractivity contribution in [1.29, 1.82) is 0 Å². The molecule has 0 aliphatic heterocycles. The molecule has 0 amide bonds. The van der Waals surface area contributed by atoms with Gasteiger partial charge in [-0.3, -0.25) is 0 Å². The molecule has 1 N–H and O–H groups in total. The van der Waals surface area contributed by atoms with Crippen LogP contribution in [0.25, 0.3) is 0 Å². The van der Waals surface area contributed by atoms with Gasteiger partial charge in [0, 0.05) is 6.10 Å². The number of allylic oxidation sites excluding steroid dienone is 1. The molecule has 0 heterocycles. The molecule has 0 bridgehead atoms. The summed E-state index contributed by atoms with van der Waals surface area (Å²) in [4.78, 5) is 0. The third-order valence-corrected chi connectivity index (χ3v) is 5.92. The fourth-order valence-corrected chi connectivity index (χ4v) is 5.00. The first-order chi connectivity index (χ1) is 8.71. The second-order valence-electron chi connectivity index (χ2n) is 7.78. The van der Waals surface area contributed by atoms with Crippen LogP contribution in [-0.4, -0.2) is 25.6 Å². The first kappa shape index (κ1) is 15.3. The minimum Gasteiger partial charge on any atom is -0.414 e. The highest BCUT2D eigenvalue weighted by atomic mass is 28.4. The molecule has 2 aliphatic rings. The third kappa shape index (κ3) is 3.50. The summed E-state index contributed by atoms with van der Waals surface area (Å²) < 4.78 is 6.47. The average molecular weight is 282 g/mol.